The minimum Gasteiger partial charge on any atom is -0.457 e. The van der Waals surface area contributed by atoms with E-state index in [-0.39, 0.29) is 44.8 Å². The fraction of sp³-hybridized carbons (Fsp3) is 0.696. The number of aliphatic imine (C=N–C) groups is 1. The normalized spacial score (nSPS) is 36.3. The Balaban J connectivity index is 1.70. The monoisotopic (exact) mass is 946 g/mol. The number of carbonyl (C=O) groups is 4. The van der Waals surface area contributed by atoms with Crippen molar-refractivity contribution in [2.75, 3.05) is 33.0 Å². The molecule has 3 aliphatic heterocycles. The van der Waals surface area contributed by atoms with Gasteiger partial charge in [0, 0.05) is 36.3 Å². The molecule has 366 valence electrons. The topological polar surface area (TPSA) is 233 Å². The molecule has 2 aromatic heterocycles. The van der Waals surface area contributed by atoms with E-state index in [0.717, 1.165) is 6.92 Å². The molecule has 0 unspecified atom stereocenters. The average Bonchev–Trinajstić information content (AvgIpc) is 3.73. The summed E-state index contributed by atoms with van der Waals surface area (Å²) >= 11 is 1.34. The molecule has 0 aromatic carbocycles. The first kappa shape index (κ1) is 52.7. The van der Waals surface area contributed by atoms with Gasteiger partial charge in [-0.3, -0.25) is 14.4 Å². The van der Waals surface area contributed by atoms with E-state index in [1.165, 1.54) is 32.1 Å². The number of carbonyl (C=O) groups excluding carboxylic acids is 4. The molecule has 13 atom stereocenters. The zero-order valence-corrected chi connectivity index (χ0v) is 40.9. The van der Waals surface area contributed by atoms with Crippen LogP contribution < -0.4 is 5.73 Å². The lowest BCUT2D eigenvalue weighted by Gasteiger charge is -2.48. The van der Waals surface area contributed by atoms with E-state index in [9.17, 15) is 24.3 Å². The molecule has 3 N–H and O–H groups in total. The number of nitrogens with two attached hydrogens (primary N) is 1. The minimum absolute atomic E-state index is 0.0272. The number of amides is 1. The number of aliphatic hydroxyl groups is 1. The number of pyridine rings is 1. The Labute approximate surface area is 390 Å². The Hall–Kier alpha value is -4.31. The number of hydrogen-bond acceptors (Lipinski definition) is 18. The van der Waals surface area contributed by atoms with Gasteiger partial charge in [-0.25, -0.2) is 24.1 Å². The highest BCUT2D eigenvalue weighted by molar-refractivity contribution is 7.13. The predicted molar refractivity (Wildman–Crippen MR) is 243 cm³/mol. The number of nitrogen functional groups attached to an aromatic ring is 1. The highest BCUT2D eigenvalue weighted by Crippen LogP contribution is 2.41. The molecule has 5 heterocycles. The van der Waals surface area contributed by atoms with Crippen LogP contribution in [0.3, 0.4) is 0 Å². The quantitative estimate of drug-likeness (QED) is 0.175. The van der Waals surface area contributed by atoms with Crippen LogP contribution >= 0.6 is 11.3 Å². The summed E-state index contributed by atoms with van der Waals surface area (Å²) in [5.74, 6) is -6.45. The first-order valence-corrected chi connectivity index (χ1v) is 23.3. The van der Waals surface area contributed by atoms with Gasteiger partial charge in [0.2, 0.25) is 5.91 Å². The Morgan fingerprint density at radius 2 is 1.79 bits per heavy atom. The third-order valence-electron chi connectivity index (χ3n) is 12.6. The predicted octanol–water partition coefficient (Wildman–Crippen LogP) is 5.28. The largest absolute Gasteiger partial charge is 0.457 e. The SMILES string of the molecule is CCC(=O)N=C1[C@H](C)C[C@@]2(C)OC/C(=N/OCc3csc(-c4cccc(N)n4)n3)CO[C@H]([C@H]1C)[C@](C)(O)[C@@H](CC)OC(=O)[C@@](C)(F)C(=O)[C@H](C)[C@H]2O[C@@H]1O[C@H](C)C[C@H](N(C)C)[C@H]1OC(C)=O. The summed E-state index contributed by atoms with van der Waals surface area (Å²) in [4.78, 5) is 75.9. The van der Waals surface area contributed by atoms with Gasteiger partial charge < -0.3 is 49.0 Å². The van der Waals surface area contributed by atoms with Crippen molar-refractivity contribution in [1.82, 2.24) is 14.9 Å². The van der Waals surface area contributed by atoms with E-state index >= 15 is 4.39 Å². The molecule has 0 saturated carbocycles. The highest BCUT2D eigenvalue weighted by Gasteiger charge is 2.57. The number of fused-ring (bicyclic) bond motifs is 5. The van der Waals surface area contributed by atoms with Crippen LogP contribution in [0.4, 0.5) is 10.2 Å². The van der Waals surface area contributed by atoms with E-state index in [1.54, 1.807) is 51.3 Å². The number of thiazole rings is 1. The maximum Gasteiger partial charge on any atom is 0.351 e. The van der Waals surface area contributed by atoms with Crippen LogP contribution in [-0.4, -0.2) is 142 Å². The Kier molecular flexibility index (Phi) is 17.4. The van der Waals surface area contributed by atoms with E-state index in [4.69, 9.17) is 39.0 Å². The Bertz CT molecular complexity index is 2120. The molecule has 5 rings (SSSR count). The number of ether oxygens (including phenoxy) is 6. The molecule has 2 aromatic rings. The molecule has 3 aliphatic rings. The number of esters is 2. The lowest BCUT2D eigenvalue weighted by molar-refractivity contribution is -0.299. The molecule has 0 spiro atoms. The summed E-state index contributed by atoms with van der Waals surface area (Å²) in [7, 11) is 3.65. The number of ketones is 1. The standard InChI is InChI=1S/C46H67FN6O12S/c1-13-33-46(10,58)40-26(5)36(51-35(55)14-2)24(3)19-44(8,60-21-29(20-59-40)52-61-22-30-23-66-41(49-30)31-16-15-17-34(48)50-31)39(27(6)38(56)45(9,47)43(57)64-33)65-42-37(63-28(7)54)32(53(11)12)18-25(4)62-42/h15-17,23-27,32-33,37,39-40,42,58H,13-14,18-22H2,1-12H3,(H2,48,50)/b51-36?,52-29+/t24-,25-,26+,27+,32+,33-,37-,39-,40-,42+,44-,45+,46-/m1/s1. The van der Waals surface area contributed by atoms with Gasteiger partial charge in [0.15, 0.2) is 24.8 Å². The van der Waals surface area contributed by atoms with Gasteiger partial charge in [0.25, 0.3) is 5.67 Å². The highest BCUT2D eigenvalue weighted by atomic mass is 32.1. The maximum atomic E-state index is 17.1. The number of halogens is 1. The van der Waals surface area contributed by atoms with Gasteiger partial charge in [-0.15, -0.1) is 11.3 Å². The third kappa shape index (κ3) is 12.0. The van der Waals surface area contributed by atoms with Crippen molar-refractivity contribution < 1.29 is 61.9 Å². The summed E-state index contributed by atoms with van der Waals surface area (Å²) in [5, 5.41) is 19.4. The van der Waals surface area contributed by atoms with E-state index in [2.05, 4.69) is 20.1 Å². The number of aromatic nitrogens is 2. The lowest BCUT2D eigenvalue weighted by atomic mass is 9.73. The molecule has 1 amide bonds. The van der Waals surface area contributed by atoms with Crippen LogP contribution in [0.2, 0.25) is 0 Å². The van der Waals surface area contributed by atoms with Gasteiger partial charge >= 0.3 is 11.9 Å². The van der Waals surface area contributed by atoms with Crippen molar-refractivity contribution in [3.05, 3.63) is 29.3 Å². The van der Waals surface area contributed by atoms with Crippen LogP contribution in [-0.2, 0) is 59.0 Å². The van der Waals surface area contributed by atoms with Crippen LogP contribution in [0.1, 0.15) is 101 Å². The van der Waals surface area contributed by atoms with Gasteiger partial charge in [0.1, 0.15) is 33.9 Å². The van der Waals surface area contributed by atoms with Crippen molar-refractivity contribution in [3.63, 3.8) is 0 Å². The number of alkyl halides is 1. The molecular weight excluding hydrogens is 880 g/mol. The number of hydrogen-bond donors (Lipinski definition) is 2. The van der Waals surface area contributed by atoms with Crippen molar-refractivity contribution in [1.29, 1.82) is 0 Å². The molecule has 18 nitrogen and oxygen atoms in total. The summed E-state index contributed by atoms with van der Waals surface area (Å²) in [6, 6.07) is 4.83. The Morgan fingerprint density at radius 3 is 2.42 bits per heavy atom. The maximum absolute atomic E-state index is 17.1. The number of Topliss-reactive ketones (excluding diaryl/α,β-unsaturated/α-hetero) is 1. The van der Waals surface area contributed by atoms with Gasteiger partial charge in [-0.05, 0) is 79.1 Å². The number of nitrogens with zero attached hydrogens (tertiary/aromatic N) is 5. The zero-order chi connectivity index (χ0) is 48.9. The smallest absolute Gasteiger partial charge is 0.351 e. The van der Waals surface area contributed by atoms with Crippen molar-refractivity contribution in [2.45, 2.75) is 161 Å². The number of anilines is 1. The molecule has 20 heteroatoms. The van der Waals surface area contributed by atoms with Gasteiger partial charge in [-0.2, -0.15) is 0 Å². The summed E-state index contributed by atoms with van der Waals surface area (Å²) in [5.41, 5.74) is 0.563. The fourth-order valence-electron chi connectivity index (χ4n) is 9.20. The van der Waals surface area contributed by atoms with Crippen molar-refractivity contribution in [2.24, 2.45) is 27.9 Å². The first-order chi connectivity index (χ1) is 30.9. The van der Waals surface area contributed by atoms with Crippen LogP contribution in [0.25, 0.3) is 10.7 Å². The van der Waals surface area contributed by atoms with Crippen LogP contribution in [0, 0.1) is 17.8 Å². The zero-order valence-electron chi connectivity index (χ0n) is 40.1. The molecule has 3 saturated heterocycles. The van der Waals surface area contributed by atoms with Gasteiger partial charge in [-0.1, -0.05) is 45.8 Å². The second-order valence-electron chi connectivity index (χ2n) is 18.4. The van der Waals surface area contributed by atoms with Crippen molar-refractivity contribution in [3.8, 4) is 10.7 Å². The van der Waals surface area contributed by atoms with E-state index < -0.39 is 101 Å². The third-order valence-corrected chi connectivity index (χ3v) is 13.5. The second kappa shape index (κ2) is 21.8. The first-order valence-electron chi connectivity index (χ1n) is 22.5. The molecule has 3 fully saturated rings. The molecule has 0 radical (unpaired) electrons. The molecule has 2 bridgehead atoms. The fourth-order valence-corrected chi connectivity index (χ4v) is 9.98. The Morgan fingerprint density at radius 1 is 1.08 bits per heavy atom. The average molecular weight is 947 g/mol. The molecule has 66 heavy (non-hydrogen) atoms. The van der Waals surface area contributed by atoms with E-state index in [1.807, 2.05) is 32.8 Å². The van der Waals surface area contributed by atoms with Crippen LogP contribution in [0.5, 0.6) is 0 Å². The number of rotatable bonds is 10. The number of oxime groups is 1. The second-order valence-corrected chi connectivity index (χ2v) is 19.3. The lowest BCUT2D eigenvalue weighted by Crippen LogP contribution is -2.62. The number of cyclic esters (lactones) is 1. The summed E-state index contributed by atoms with van der Waals surface area (Å²) < 4.78 is 55.4. The summed E-state index contributed by atoms with van der Waals surface area (Å²) in [6.07, 6.45) is -6.47. The van der Waals surface area contributed by atoms with Gasteiger partial charge in [0.05, 0.1) is 48.9 Å². The molecular formula is C46H67FN6O12S. The minimum atomic E-state index is -3.26. The van der Waals surface area contributed by atoms with Crippen molar-refractivity contribution >= 4 is 52.2 Å². The number of likely N-dealkylation sites (N-methyl/N-ethyl adjacent to an activating group) is 1. The van der Waals surface area contributed by atoms with Crippen LogP contribution in [0.15, 0.2) is 33.7 Å². The summed E-state index contributed by atoms with van der Waals surface area (Å²) in [6.45, 7) is 14.5. The molecule has 0 aliphatic carbocycles. The van der Waals surface area contributed by atoms with E-state index in [0.29, 0.717) is 34.3 Å².